The van der Waals surface area contributed by atoms with Crippen LogP contribution < -0.4 is 24.4 Å². The van der Waals surface area contributed by atoms with E-state index in [-0.39, 0.29) is 39.5 Å². The maximum atomic E-state index is 13.7. The molecule has 0 amide bonds. The fraction of sp³-hybridized carbons (Fsp3) is 0.160. The van der Waals surface area contributed by atoms with E-state index < -0.39 is 11.2 Å². The molecule has 0 unspecified atom stereocenters. The third-order valence-electron chi connectivity index (χ3n) is 5.35. The average Bonchev–Trinajstić information content (AvgIpc) is 2.82. The number of ether oxygens (including phenoxy) is 4. The predicted molar refractivity (Wildman–Crippen MR) is 125 cm³/mol. The molecule has 176 valence electrons. The second-order valence-corrected chi connectivity index (χ2v) is 7.27. The van der Waals surface area contributed by atoms with Gasteiger partial charge in [-0.2, -0.15) is 0 Å². The van der Waals surface area contributed by atoms with Crippen LogP contribution in [-0.2, 0) is 0 Å². The van der Waals surface area contributed by atoms with Crippen molar-refractivity contribution in [1.29, 1.82) is 0 Å². The van der Waals surface area contributed by atoms with Gasteiger partial charge in [-0.25, -0.2) is 0 Å². The van der Waals surface area contributed by atoms with Crippen LogP contribution >= 0.6 is 0 Å². The lowest BCUT2D eigenvalue weighted by molar-refractivity contribution is 0.324. The summed E-state index contributed by atoms with van der Waals surface area (Å²) in [4.78, 5) is 13.7. The Labute approximate surface area is 193 Å². The summed E-state index contributed by atoms with van der Waals surface area (Å²) in [5.74, 6) is 0.349. The summed E-state index contributed by atoms with van der Waals surface area (Å²) in [5, 5.41) is 30.6. The summed E-state index contributed by atoms with van der Waals surface area (Å²) in [5.41, 5.74) is 0.159. The smallest absolute Gasteiger partial charge is 0.204 e. The third-order valence-corrected chi connectivity index (χ3v) is 5.35. The standard InChI is InChI=1S/C25H22O9/c1-30-17-6-5-12(7-15(17)27)24-21(13-8-19(31-2)25(33-4)20(9-13)32-3)23(29)22-16(28)10-14(26)11-18(22)34-24/h5-11,26-28H,1-4H3. The quantitative estimate of drug-likeness (QED) is 0.381. The molecule has 0 aliphatic carbocycles. The molecule has 1 aromatic heterocycles. The normalized spacial score (nSPS) is 10.8. The molecule has 4 rings (SSSR count). The first-order valence-electron chi connectivity index (χ1n) is 10.0. The third kappa shape index (κ3) is 3.66. The summed E-state index contributed by atoms with van der Waals surface area (Å²) in [6, 6.07) is 9.93. The lowest BCUT2D eigenvalue weighted by Crippen LogP contribution is -2.08. The molecule has 9 heteroatoms. The van der Waals surface area contributed by atoms with E-state index in [0.29, 0.717) is 28.4 Å². The number of hydrogen-bond acceptors (Lipinski definition) is 9. The predicted octanol–water partition coefficient (Wildman–Crippen LogP) is 4.28. The van der Waals surface area contributed by atoms with Gasteiger partial charge in [0.1, 0.15) is 28.2 Å². The molecule has 0 fully saturated rings. The molecular formula is C25H22O9. The van der Waals surface area contributed by atoms with E-state index >= 15 is 0 Å². The van der Waals surface area contributed by atoms with Gasteiger partial charge < -0.3 is 38.7 Å². The first-order chi connectivity index (χ1) is 16.3. The fourth-order valence-corrected chi connectivity index (χ4v) is 3.81. The van der Waals surface area contributed by atoms with Crippen molar-refractivity contribution in [2.24, 2.45) is 0 Å². The minimum atomic E-state index is -0.571. The number of aromatic hydroxyl groups is 3. The van der Waals surface area contributed by atoms with Gasteiger partial charge in [-0.3, -0.25) is 4.79 Å². The molecule has 0 atom stereocenters. The first kappa shape index (κ1) is 22.7. The zero-order valence-electron chi connectivity index (χ0n) is 18.8. The molecule has 0 radical (unpaired) electrons. The maximum absolute atomic E-state index is 13.7. The molecule has 3 aromatic carbocycles. The number of rotatable bonds is 6. The number of hydrogen-bond donors (Lipinski definition) is 3. The van der Waals surface area contributed by atoms with E-state index in [1.54, 1.807) is 18.2 Å². The van der Waals surface area contributed by atoms with Crippen molar-refractivity contribution in [3.05, 3.63) is 52.7 Å². The van der Waals surface area contributed by atoms with Gasteiger partial charge in [-0.05, 0) is 35.9 Å². The highest BCUT2D eigenvalue weighted by molar-refractivity contribution is 5.93. The Hall–Kier alpha value is -4.53. The molecule has 3 N–H and O–H groups in total. The van der Waals surface area contributed by atoms with E-state index in [1.165, 1.54) is 46.6 Å². The fourth-order valence-electron chi connectivity index (χ4n) is 3.81. The molecule has 9 nitrogen and oxygen atoms in total. The Bertz CT molecular complexity index is 1430. The highest BCUT2D eigenvalue weighted by Crippen LogP contribution is 2.44. The topological polar surface area (TPSA) is 128 Å². The first-order valence-corrected chi connectivity index (χ1v) is 10.0. The van der Waals surface area contributed by atoms with Gasteiger partial charge in [-0.15, -0.1) is 0 Å². The van der Waals surface area contributed by atoms with Crippen LogP contribution in [0.15, 0.2) is 51.7 Å². The molecule has 0 aliphatic rings. The van der Waals surface area contributed by atoms with Gasteiger partial charge in [-0.1, -0.05) is 0 Å². The highest BCUT2D eigenvalue weighted by Gasteiger charge is 2.24. The van der Waals surface area contributed by atoms with Gasteiger partial charge in [0.05, 0.1) is 34.0 Å². The van der Waals surface area contributed by atoms with Crippen LogP contribution in [-0.4, -0.2) is 43.8 Å². The summed E-state index contributed by atoms with van der Waals surface area (Å²) in [7, 11) is 5.76. The molecule has 0 saturated carbocycles. The maximum Gasteiger partial charge on any atom is 0.204 e. The number of phenolic OH excluding ortho intramolecular Hbond substituents is 3. The second-order valence-electron chi connectivity index (χ2n) is 7.27. The Morgan fingerprint density at radius 3 is 1.91 bits per heavy atom. The van der Waals surface area contributed by atoms with Gasteiger partial charge in [0, 0.05) is 17.7 Å². The van der Waals surface area contributed by atoms with E-state index in [2.05, 4.69) is 0 Å². The van der Waals surface area contributed by atoms with Gasteiger partial charge in [0.2, 0.25) is 11.2 Å². The van der Waals surface area contributed by atoms with E-state index in [0.717, 1.165) is 6.07 Å². The van der Waals surface area contributed by atoms with Crippen molar-refractivity contribution in [1.82, 2.24) is 0 Å². The number of phenols is 3. The minimum Gasteiger partial charge on any atom is -0.508 e. The lowest BCUT2D eigenvalue weighted by Gasteiger charge is -2.16. The summed E-state index contributed by atoms with van der Waals surface area (Å²) >= 11 is 0. The van der Waals surface area contributed by atoms with Crippen molar-refractivity contribution < 1.29 is 38.7 Å². The SMILES string of the molecule is COc1ccc(-c2oc3cc(O)cc(O)c3c(=O)c2-c2cc(OC)c(OC)c(OC)c2)cc1O. The van der Waals surface area contributed by atoms with Gasteiger partial charge >= 0.3 is 0 Å². The Morgan fingerprint density at radius 1 is 0.706 bits per heavy atom. The zero-order valence-corrected chi connectivity index (χ0v) is 18.8. The van der Waals surface area contributed by atoms with Crippen LogP contribution in [0.1, 0.15) is 0 Å². The van der Waals surface area contributed by atoms with Gasteiger partial charge in [0.25, 0.3) is 0 Å². The summed E-state index contributed by atoms with van der Waals surface area (Å²) in [6.07, 6.45) is 0. The highest BCUT2D eigenvalue weighted by atomic mass is 16.5. The molecule has 0 saturated heterocycles. The molecule has 0 aliphatic heterocycles. The second kappa shape index (κ2) is 8.78. The van der Waals surface area contributed by atoms with E-state index in [1.807, 2.05) is 0 Å². The van der Waals surface area contributed by atoms with Crippen LogP contribution in [0.3, 0.4) is 0 Å². The molecular weight excluding hydrogens is 444 g/mol. The van der Waals surface area contributed by atoms with Crippen molar-refractivity contribution in [2.45, 2.75) is 0 Å². The minimum absolute atomic E-state index is 0.0380. The molecule has 0 bridgehead atoms. The van der Waals surface area contributed by atoms with Crippen LogP contribution in [0.25, 0.3) is 33.4 Å². The van der Waals surface area contributed by atoms with Crippen molar-refractivity contribution >= 4 is 11.0 Å². The molecule has 1 heterocycles. The molecule has 0 spiro atoms. The van der Waals surface area contributed by atoms with Crippen LogP contribution in [0.2, 0.25) is 0 Å². The Morgan fingerprint density at radius 2 is 1.35 bits per heavy atom. The number of fused-ring (bicyclic) bond motifs is 1. The van der Waals surface area contributed by atoms with Crippen molar-refractivity contribution in [3.63, 3.8) is 0 Å². The molecule has 34 heavy (non-hydrogen) atoms. The van der Waals surface area contributed by atoms with Crippen LogP contribution in [0.4, 0.5) is 0 Å². The number of benzene rings is 3. The van der Waals surface area contributed by atoms with E-state index in [9.17, 15) is 20.1 Å². The summed E-state index contributed by atoms with van der Waals surface area (Å²) in [6.45, 7) is 0. The summed E-state index contributed by atoms with van der Waals surface area (Å²) < 4.78 is 27.4. The Kier molecular flexibility index (Phi) is 5.85. The van der Waals surface area contributed by atoms with Gasteiger partial charge in [0.15, 0.2) is 23.0 Å². The number of methoxy groups -OCH3 is 4. The van der Waals surface area contributed by atoms with Crippen molar-refractivity contribution in [3.8, 4) is 62.7 Å². The largest absolute Gasteiger partial charge is 0.508 e. The lowest BCUT2D eigenvalue weighted by atomic mass is 9.97. The monoisotopic (exact) mass is 466 g/mol. The zero-order chi connectivity index (χ0) is 24.6. The average molecular weight is 466 g/mol. The molecule has 4 aromatic rings. The van der Waals surface area contributed by atoms with Crippen molar-refractivity contribution in [2.75, 3.05) is 28.4 Å². The Balaban J connectivity index is 2.14. The van der Waals surface area contributed by atoms with Crippen LogP contribution in [0, 0.1) is 0 Å². The van der Waals surface area contributed by atoms with E-state index in [4.69, 9.17) is 23.4 Å². The van der Waals surface area contributed by atoms with Crippen LogP contribution in [0.5, 0.6) is 40.2 Å².